The second kappa shape index (κ2) is 4.11. The lowest BCUT2D eigenvalue weighted by atomic mass is 9.88. The Hall–Kier alpha value is -0.990. The molecule has 90 valence electrons. The molecule has 16 heavy (non-hydrogen) atoms. The van der Waals surface area contributed by atoms with Crippen LogP contribution < -0.4 is 0 Å². The zero-order chi connectivity index (χ0) is 11.8. The Morgan fingerprint density at radius 3 is 2.88 bits per heavy atom. The Morgan fingerprint density at radius 1 is 1.50 bits per heavy atom. The zero-order valence-electron chi connectivity index (χ0n) is 10.5. The van der Waals surface area contributed by atoms with E-state index in [9.17, 15) is 4.79 Å². The van der Waals surface area contributed by atoms with E-state index in [1.54, 1.807) is 4.90 Å². The van der Waals surface area contributed by atoms with Gasteiger partial charge in [-0.1, -0.05) is 39.7 Å². The average Bonchev–Trinajstić information content (AvgIpc) is 2.96. The lowest BCUT2D eigenvalue weighted by Gasteiger charge is -2.27. The van der Waals surface area contributed by atoms with Gasteiger partial charge in [0, 0.05) is 11.1 Å². The van der Waals surface area contributed by atoms with Gasteiger partial charge in [-0.15, -0.1) is 0 Å². The first-order valence-electron chi connectivity index (χ1n) is 6.24. The maximum absolute atomic E-state index is 11.5. The molecule has 2 heterocycles. The molecule has 2 aliphatic rings. The van der Waals surface area contributed by atoms with E-state index in [1.165, 1.54) is 25.0 Å². The van der Waals surface area contributed by atoms with Gasteiger partial charge in [-0.05, 0) is 12.8 Å². The minimum atomic E-state index is -0.161. The average molecular weight is 223 g/mol. The highest BCUT2D eigenvalue weighted by Gasteiger charge is 2.58. The molecule has 3 nitrogen and oxygen atoms in total. The number of hydrogen-bond acceptors (Lipinski definition) is 2. The lowest BCUT2D eigenvalue weighted by Crippen LogP contribution is -2.37. The highest BCUT2D eigenvalue weighted by Crippen LogP contribution is 2.49. The van der Waals surface area contributed by atoms with Crippen molar-refractivity contribution in [3.8, 4) is 0 Å². The fourth-order valence-corrected chi connectivity index (χ4v) is 2.42. The third-order valence-corrected chi connectivity index (χ3v) is 3.41. The number of allylic oxidation sites excluding steroid dienone is 1. The van der Waals surface area contributed by atoms with E-state index in [4.69, 9.17) is 4.74 Å². The number of carbonyl (C=O) groups excluding carboxylic acids is 1. The molecule has 0 radical (unpaired) electrons. The number of hydrogen-bond donors (Lipinski definition) is 0. The summed E-state index contributed by atoms with van der Waals surface area (Å²) in [7, 11) is 0. The van der Waals surface area contributed by atoms with E-state index >= 15 is 0 Å². The Bertz CT molecular complexity index is 320. The van der Waals surface area contributed by atoms with Gasteiger partial charge in [-0.2, -0.15) is 0 Å². The van der Waals surface area contributed by atoms with Crippen LogP contribution in [0.25, 0.3) is 0 Å². The molecule has 2 aliphatic heterocycles. The molecular formula is C13H21NO2. The van der Waals surface area contributed by atoms with Crippen LogP contribution in [0.4, 0.5) is 4.79 Å². The molecule has 1 amide bonds. The van der Waals surface area contributed by atoms with Crippen LogP contribution in [0.15, 0.2) is 11.8 Å². The molecule has 0 aromatic heterocycles. The quantitative estimate of drug-likeness (QED) is 0.540. The summed E-state index contributed by atoms with van der Waals surface area (Å²) in [5.41, 5.74) is 1.26. The predicted octanol–water partition coefficient (Wildman–Crippen LogP) is 3.31. The maximum Gasteiger partial charge on any atom is 0.414 e. The van der Waals surface area contributed by atoms with Crippen molar-refractivity contribution in [2.24, 2.45) is 5.41 Å². The number of cyclic esters (lactones) is 1. The van der Waals surface area contributed by atoms with Crippen LogP contribution >= 0.6 is 0 Å². The topological polar surface area (TPSA) is 29.3 Å². The van der Waals surface area contributed by atoms with Crippen LogP contribution in [0.5, 0.6) is 0 Å². The van der Waals surface area contributed by atoms with Gasteiger partial charge in [0.2, 0.25) is 0 Å². The predicted molar refractivity (Wildman–Crippen MR) is 63.0 cm³/mol. The van der Waals surface area contributed by atoms with Crippen LogP contribution in [0.1, 0.15) is 46.5 Å². The summed E-state index contributed by atoms with van der Waals surface area (Å²) < 4.78 is 5.15. The van der Waals surface area contributed by atoms with Gasteiger partial charge >= 0.3 is 6.09 Å². The number of fused-ring (bicyclic) bond motifs is 1. The van der Waals surface area contributed by atoms with Gasteiger partial charge in [0.15, 0.2) is 0 Å². The van der Waals surface area contributed by atoms with E-state index in [-0.39, 0.29) is 11.5 Å². The van der Waals surface area contributed by atoms with Crippen molar-refractivity contribution in [1.82, 2.24) is 4.90 Å². The number of nitrogens with zero attached hydrogens (tertiary/aromatic N) is 1. The van der Waals surface area contributed by atoms with Crippen molar-refractivity contribution in [2.45, 2.75) is 52.5 Å². The molecular weight excluding hydrogens is 202 g/mol. The van der Waals surface area contributed by atoms with Gasteiger partial charge in [0.05, 0.1) is 6.04 Å². The Labute approximate surface area is 97.5 Å². The number of carbonyl (C=O) groups is 1. The summed E-state index contributed by atoms with van der Waals surface area (Å²) in [5.74, 6) is 0. The third kappa shape index (κ3) is 1.95. The Balaban J connectivity index is 1.95. The van der Waals surface area contributed by atoms with Crippen LogP contribution in [-0.4, -0.2) is 23.6 Å². The molecule has 2 rings (SSSR count). The van der Waals surface area contributed by atoms with Crippen LogP contribution in [-0.2, 0) is 4.74 Å². The summed E-state index contributed by atoms with van der Waals surface area (Å²) in [6.45, 7) is 7.06. The summed E-state index contributed by atoms with van der Waals surface area (Å²) in [6.07, 6.45) is 6.86. The van der Waals surface area contributed by atoms with Crippen molar-refractivity contribution in [3.05, 3.63) is 11.8 Å². The van der Waals surface area contributed by atoms with Crippen LogP contribution in [0.2, 0.25) is 0 Å². The largest absolute Gasteiger partial charge is 0.448 e. The van der Waals surface area contributed by atoms with E-state index in [2.05, 4.69) is 26.8 Å². The first-order chi connectivity index (χ1) is 7.58. The summed E-state index contributed by atoms with van der Waals surface area (Å²) >= 11 is 0. The summed E-state index contributed by atoms with van der Waals surface area (Å²) in [5, 5.41) is 0. The molecule has 0 spiro atoms. The summed E-state index contributed by atoms with van der Waals surface area (Å²) in [6, 6.07) is 0.301. The monoisotopic (exact) mass is 223 g/mol. The molecule has 2 saturated heterocycles. The third-order valence-electron chi connectivity index (χ3n) is 3.41. The maximum atomic E-state index is 11.5. The van der Waals surface area contributed by atoms with Crippen molar-refractivity contribution in [3.63, 3.8) is 0 Å². The standard InChI is InChI=1S/C13H21NO2/c1-4-5-6-7-8-10-11-13(2,3)9-16-12(15)14(10)11/h8,11H,4-7,9H2,1-3H3/b10-8-. The molecule has 1 atom stereocenters. The number of rotatable bonds is 4. The minimum absolute atomic E-state index is 0.0739. The molecule has 0 bridgehead atoms. The number of amides is 1. The second-order valence-electron chi connectivity index (χ2n) is 5.44. The molecule has 0 aliphatic carbocycles. The smallest absolute Gasteiger partial charge is 0.414 e. The minimum Gasteiger partial charge on any atom is -0.448 e. The number of ether oxygens (including phenoxy) is 1. The van der Waals surface area contributed by atoms with E-state index < -0.39 is 0 Å². The molecule has 1 unspecified atom stereocenters. The van der Waals surface area contributed by atoms with E-state index in [0.29, 0.717) is 12.6 Å². The first kappa shape index (κ1) is 11.5. The Morgan fingerprint density at radius 2 is 2.25 bits per heavy atom. The number of unbranched alkanes of at least 4 members (excludes halogenated alkanes) is 3. The van der Waals surface area contributed by atoms with Crippen molar-refractivity contribution >= 4 is 6.09 Å². The zero-order valence-corrected chi connectivity index (χ0v) is 10.5. The van der Waals surface area contributed by atoms with Gasteiger partial charge in [-0.25, -0.2) is 4.79 Å². The molecule has 0 saturated carbocycles. The van der Waals surface area contributed by atoms with Gasteiger partial charge < -0.3 is 4.74 Å². The molecule has 0 aromatic rings. The van der Waals surface area contributed by atoms with Gasteiger partial charge in [0.25, 0.3) is 0 Å². The van der Waals surface area contributed by atoms with Gasteiger partial charge in [0.1, 0.15) is 6.61 Å². The Kier molecular flexibility index (Phi) is 2.96. The van der Waals surface area contributed by atoms with Gasteiger partial charge in [-0.3, -0.25) is 4.90 Å². The highest BCUT2D eigenvalue weighted by molar-refractivity contribution is 5.78. The molecule has 0 aromatic carbocycles. The second-order valence-corrected chi connectivity index (χ2v) is 5.44. The fraction of sp³-hybridized carbons (Fsp3) is 0.769. The van der Waals surface area contributed by atoms with Crippen LogP contribution in [0, 0.1) is 5.41 Å². The first-order valence-corrected chi connectivity index (χ1v) is 6.24. The normalized spacial score (nSPS) is 28.9. The van der Waals surface area contributed by atoms with Crippen molar-refractivity contribution in [2.75, 3.05) is 6.61 Å². The molecule has 3 heteroatoms. The summed E-state index contributed by atoms with van der Waals surface area (Å²) in [4.78, 5) is 13.3. The van der Waals surface area contributed by atoms with Crippen molar-refractivity contribution in [1.29, 1.82) is 0 Å². The van der Waals surface area contributed by atoms with E-state index in [1.807, 2.05) is 0 Å². The SMILES string of the molecule is CCCCC/C=C1/C2N1C(=O)OCC2(C)C. The lowest BCUT2D eigenvalue weighted by molar-refractivity contribution is 0.0498. The molecule has 2 fully saturated rings. The highest BCUT2D eigenvalue weighted by atomic mass is 16.6. The van der Waals surface area contributed by atoms with E-state index in [0.717, 1.165) is 6.42 Å². The fourth-order valence-electron chi connectivity index (χ4n) is 2.42. The molecule has 0 N–H and O–H groups in total. The van der Waals surface area contributed by atoms with Crippen LogP contribution in [0.3, 0.4) is 0 Å². The van der Waals surface area contributed by atoms with Crippen molar-refractivity contribution < 1.29 is 9.53 Å².